The molecular weight excluding hydrogens is 549 g/mol. The number of anilines is 1. The number of rotatable bonds is 7. The summed E-state index contributed by atoms with van der Waals surface area (Å²) in [6, 6.07) is 5.57. The van der Waals surface area contributed by atoms with Crippen LogP contribution in [0, 0.1) is 5.82 Å². The van der Waals surface area contributed by atoms with Gasteiger partial charge in [0, 0.05) is 31.4 Å². The van der Waals surface area contributed by atoms with Crippen LogP contribution in [0.3, 0.4) is 0 Å². The molecule has 1 saturated heterocycles. The number of hydrogen-bond acceptors (Lipinski definition) is 6. The van der Waals surface area contributed by atoms with Gasteiger partial charge in [-0.1, -0.05) is 6.07 Å². The molecule has 0 aliphatic carbocycles. The van der Waals surface area contributed by atoms with E-state index in [2.05, 4.69) is 25.9 Å². The lowest BCUT2D eigenvalue weighted by Crippen LogP contribution is -2.43. The van der Waals surface area contributed by atoms with Gasteiger partial charge in [0.1, 0.15) is 5.82 Å². The molecule has 0 saturated carbocycles. The highest BCUT2D eigenvalue weighted by molar-refractivity contribution is 5.96. The van der Waals surface area contributed by atoms with E-state index >= 15 is 0 Å². The zero-order valence-corrected chi connectivity index (χ0v) is 20.2. The summed E-state index contributed by atoms with van der Waals surface area (Å²) in [5.74, 6) is -3.58. The Labute approximate surface area is 221 Å². The Morgan fingerprint density at radius 3 is 2.40 bits per heavy atom. The van der Waals surface area contributed by atoms with Crippen molar-refractivity contribution in [2.45, 2.75) is 30.7 Å². The second-order valence-electron chi connectivity index (χ2n) is 9.07. The average molecular weight is 568 g/mol. The lowest BCUT2D eigenvalue weighted by molar-refractivity contribution is -0.143. The van der Waals surface area contributed by atoms with Crippen molar-refractivity contribution in [1.82, 2.24) is 25.3 Å². The highest BCUT2D eigenvalue weighted by Crippen LogP contribution is 2.40. The van der Waals surface area contributed by atoms with E-state index in [4.69, 9.17) is 4.42 Å². The predicted octanol–water partition coefficient (Wildman–Crippen LogP) is 5.22. The highest BCUT2D eigenvalue weighted by atomic mass is 19.4. The first-order chi connectivity index (χ1) is 18.9. The van der Waals surface area contributed by atoms with Gasteiger partial charge in [0.25, 0.3) is 5.89 Å². The van der Waals surface area contributed by atoms with Crippen LogP contribution in [0.25, 0.3) is 11.5 Å². The minimum atomic E-state index is -5.23. The van der Waals surface area contributed by atoms with Gasteiger partial charge in [-0.05, 0) is 42.0 Å². The first-order valence-electron chi connectivity index (χ1n) is 11.8. The Morgan fingerprint density at radius 2 is 1.77 bits per heavy atom. The molecule has 1 fully saturated rings. The summed E-state index contributed by atoms with van der Waals surface area (Å²) >= 11 is 0. The minimum absolute atomic E-state index is 0.00492. The summed E-state index contributed by atoms with van der Waals surface area (Å²) in [6.45, 7) is 1.44. The van der Waals surface area contributed by atoms with Gasteiger partial charge in [-0.15, -0.1) is 10.2 Å². The van der Waals surface area contributed by atoms with E-state index in [0.29, 0.717) is 17.7 Å². The van der Waals surface area contributed by atoms with Gasteiger partial charge in [-0.2, -0.15) is 31.4 Å². The van der Waals surface area contributed by atoms with Crippen LogP contribution in [0.5, 0.6) is 0 Å². The number of alkyl halides is 6. The summed E-state index contributed by atoms with van der Waals surface area (Å²) in [5, 5.41) is 17.4. The number of halogens is 7. The highest BCUT2D eigenvalue weighted by Gasteiger charge is 2.41. The SMILES string of the molecule is O=C(Nc1ccc(F)cc1)C(Cc1nnc(-c2cnn(C3CNC3)c2)o1)c1ccc(C(F)(F)F)cc1C(F)(F)F. The van der Waals surface area contributed by atoms with E-state index in [0.717, 1.165) is 25.2 Å². The van der Waals surface area contributed by atoms with Gasteiger partial charge in [0.15, 0.2) is 0 Å². The first-order valence-corrected chi connectivity index (χ1v) is 11.8. The van der Waals surface area contributed by atoms with Crippen LogP contribution in [0.4, 0.5) is 36.4 Å². The molecule has 0 radical (unpaired) electrons. The molecule has 40 heavy (non-hydrogen) atoms. The molecule has 1 atom stereocenters. The van der Waals surface area contributed by atoms with Crippen molar-refractivity contribution in [3.05, 3.63) is 83.3 Å². The van der Waals surface area contributed by atoms with Gasteiger partial charge in [0.05, 0.1) is 34.8 Å². The number of benzene rings is 2. The number of carbonyl (C=O) groups excluding carboxylic acids is 1. The van der Waals surface area contributed by atoms with Crippen molar-refractivity contribution in [3.8, 4) is 11.5 Å². The van der Waals surface area contributed by atoms with E-state index in [9.17, 15) is 35.5 Å². The molecule has 0 spiro atoms. The van der Waals surface area contributed by atoms with Crippen molar-refractivity contribution in [1.29, 1.82) is 0 Å². The van der Waals surface area contributed by atoms with Crippen LogP contribution in [0.1, 0.15) is 34.5 Å². The van der Waals surface area contributed by atoms with Gasteiger partial charge in [-0.3, -0.25) is 9.48 Å². The molecular formula is C25H19F7N6O2. The molecule has 2 aromatic carbocycles. The largest absolute Gasteiger partial charge is 0.421 e. The third-order valence-corrected chi connectivity index (χ3v) is 6.32. The van der Waals surface area contributed by atoms with Crippen molar-refractivity contribution in [2.75, 3.05) is 18.4 Å². The van der Waals surface area contributed by atoms with Crippen molar-refractivity contribution < 1.29 is 39.9 Å². The molecule has 2 N–H and O–H groups in total. The number of carbonyl (C=O) groups is 1. The number of nitrogens with one attached hydrogen (secondary N) is 2. The lowest BCUT2D eigenvalue weighted by Gasteiger charge is -2.27. The van der Waals surface area contributed by atoms with E-state index in [1.54, 1.807) is 10.9 Å². The number of amides is 1. The second kappa shape index (κ2) is 10.4. The molecule has 8 nitrogen and oxygen atoms in total. The molecule has 0 bridgehead atoms. The fraction of sp³-hybridized carbons (Fsp3) is 0.280. The molecule has 210 valence electrons. The number of aromatic nitrogens is 4. The minimum Gasteiger partial charge on any atom is -0.421 e. The zero-order chi connectivity index (χ0) is 28.7. The lowest BCUT2D eigenvalue weighted by atomic mass is 9.89. The fourth-order valence-corrected chi connectivity index (χ4v) is 4.12. The van der Waals surface area contributed by atoms with Crippen LogP contribution >= 0.6 is 0 Å². The summed E-state index contributed by atoms with van der Waals surface area (Å²) in [5.41, 5.74) is -3.41. The maximum atomic E-state index is 14.0. The second-order valence-corrected chi connectivity index (χ2v) is 9.07. The quantitative estimate of drug-likeness (QED) is 0.297. The standard InChI is InChI=1S/C25H19F7N6O2/c26-15-2-4-16(5-3-15)35-22(39)19(18-6-1-14(24(27,28)29)7-20(18)25(30,31)32)8-21-36-37-23(40-21)13-9-34-38(12-13)17-10-33-11-17/h1-7,9,12,17,19,33H,8,10-11H2,(H,35,39). The topological polar surface area (TPSA) is 97.9 Å². The van der Waals surface area contributed by atoms with Crippen molar-refractivity contribution >= 4 is 11.6 Å². The number of nitrogens with zero attached hydrogens (tertiary/aromatic N) is 4. The van der Waals surface area contributed by atoms with Crippen LogP contribution in [0.15, 0.2) is 59.3 Å². The van der Waals surface area contributed by atoms with Gasteiger partial charge < -0.3 is 15.1 Å². The Kier molecular flexibility index (Phi) is 7.08. The van der Waals surface area contributed by atoms with E-state index in [1.165, 1.54) is 18.3 Å². The molecule has 1 unspecified atom stereocenters. The molecule has 3 heterocycles. The maximum Gasteiger partial charge on any atom is 0.416 e. The van der Waals surface area contributed by atoms with Crippen LogP contribution in [0.2, 0.25) is 0 Å². The first kappa shape index (κ1) is 27.3. The summed E-state index contributed by atoms with van der Waals surface area (Å²) in [6.07, 6.45) is -7.73. The van der Waals surface area contributed by atoms with Gasteiger partial charge in [-0.25, -0.2) is 4.39 Å². The smallest absolute Gasteiger partial charge is 0.416 e. The zero-order valence-electron chi connectivity index (χ0n) is 20.2. The average Bonchev–Trinajstić information content (AvgIpc) is 3.51. The molecule has 2 aromatic heterocycles. The third-order valence-electron chi connectivity index (χ3n) is 6.32. The van der Waals surface area contributed by atoms with Gasteiger partial charge >= 0.3 is 12.4 Å². The molecule has 4 aromatic rings. The predicted molar refractivity (Wildman–Crippen MR) is 125 cm³/mol. The Hall–Kier alpha value is -4.27. The fourth-order valence-electron chi connectivity index (χ4n) is 4.12. The third kappa shape index (κ3) is 5.83. The maximum absolute atomic E-state index is 14.0. The molecule has 1 amide bonds. The summed E-state index contributed by atoms with van der Waals surface area (Å²) in [7, 11) is 0. The Morgan fingerprint density at radius 1 is 1.05 bits per heavy atom. The van der Waals surface area contributed by atoms with E-state index in [1.807, 2.05) is 0 Å². The van der Waals surface area contributed by atoms with Crippen molar-refractivity contribution in [2.24, 2.45) is 0 Å². The summed E-state index contributed by atoms with van der Waals surface area (Å²) in [4.78, 5) is 13.3. The number of hydrogen-bond donors (Lipinski definition) is 2. The van der Waals surface area contributed by atoms with Gasteiger partial charge in [0.2, 0.25) is 11.8 Å². The van der Waals surface area contributed by atoms with Crippen LogP contribution in [-0.2, 0) is 23.6 Å². The van der Waals surface area contributed by atoms with Crippen LogP contribution < -0.4 is 10.6 Å². The molecule has 5 rings (SSSR count). The molecule has 1 aliphatic rings. The molecule has 15 heteroatoms. The normalized spacial score (nSPS) is 15.1. The Bertz CT molecular complexity index is 1510. The van der Waals surface area contributed by atoms with Crippen LogP contribution in [-0.4, -0.2) is 39.0 Å². The summed E-state index contributed by atoms with van der Waals surface area (Å²) < 4.78 is 102. The van der Waals surface area contributed by atoms with Crippen molar-refractivity contribution in [3.63, 3.8) is 0 Å². The van der Waals surface area contributed by atoms with E-state index in [-0.39, 0.29) is 29.6 Å². The Balaban J connectivity index is 1.49. The monoisotopic (exact) mass is 568 g/mol. The van der Waals surface area contributed by atoms with E-state index < -0.39 is 53.1 Å². The molecule has 1 aliphatic heterocycles.